The van der Waals surface area contributed by atoms with Gasteiger partial charge in [0.25, 0.3) is 0 Å². The SMILES string of the molecule is CCCC1CCC(CN)(OCCCS(=O)(=O)CC)CC1. The summed E-state index contributed by atoms with van der Waals surface area (Å²) in [5.74, 6) is 1.26. The highest BCUT2D eigenvalue weighted by Gasteiger charge is 2.34. The molecule has 5 heteroatoms. The van der Waals surface area contributed by atoms with Crippen LogP contribution in [0.2, 0.25) is 0 Å². The van der Waals surface area contributed by atoms with Gasteiger partial charge in [0.1, 0.15) is 9.84 Å². The normalized spacial score (nSPS) is 27.6. The first-order valence-corrected chi connectivity index (χ1v) is 9.83. The van der Waals surface area contributed by atoms with Crippen molar-refractivity contribution in [2.24, 2.45) is 11.7 Å². The second-order valence-electron chi connectivity index (χ2n) is 6.06. The van der Waals surface area contributed by atoms with Gasteiger partial charge < -0.3 is 10.5 Å². The van der Waals surface area contributed by atoms with Crippen molar-refractivity contribution >= 4 is 9.84 Å². The third-order valence-corrected chi connectivity index (χ3v) is 6.32. The van der Waals surface area contributed by atoms with Crippen LogP contribution < -0.4 is 5.73 Å². The summed E-state index contributed by atoms with van der Waals surface area (Å²) in [5, 5.41) is 0. The van der Waals surface area contributed by atoms with Crippen LogP contribution in [0.1, 0.15) is 58.8 Å². The van der Waals surface area contributed by atoms with Gasteiger partial charge >= 0.3 is 0 Å². The molecule has 1 saturated carbocycles. The topological polar surface area (TPSA) is 69.4 Å². The lowest BCUT2D eigenvalue weighted by molar-refractivity contribution is -0.0713. The van der Waals surface area contributed by atoms with Gasteiger partial charge in [-0.3, -0.25) is 0 Å². The van der Waals surface area contributed by atoms with E-state index in [0.29, 0.717) is 19.6 Å². The van der Waals surface area contributed by atoms with E-state index in [1.807, 2.05) is 0 Å². The number of hydrogen-bond donors (Lipinski definition) is 1. The lowest BCUT2D eigenvalue weighted by Crippen LogP contribution is -2.44. The van der Waals surface area contributed by atoms with Crippen LogP contribution in [0, 0.1) is 5.92 Å². The second kappa shape index (κ2) is 8.35. The van der Waals surface area contributed by atoms with Crippen LogP contribution in [0.3, 0.4) is 0 Å². The highest BCUT2D eigenvalue weighted by molar-refractivity contribution is 7.91. The predicted octanol–water partition coefficient (Wildman–Crippen LogP) is 2.52. The molecule has 0 aromatic carbocycles. The number of nitrogens with two attached hydrogens (primary N) is 1. The molecule has 0 unspecified atom stereocenters. The molecule has 20 heavy (non-hydrogen) atoms. The molecule has 0 aromatic heterocycles. The summed E-state index contributed by atoms with van der Waals surface area (Å²) in [4.78, 5) is 0. The van der Waals surface area contributed by atoms with Gasteiger partial charge in [0.05, 0.1) is 11.4 Å². The lowest BCUT2D eigenvalue weighted by Gasteiger charge is -2.39. The maximum Gasteiger partial charge on any atom is 0.150 e. The first-order chi connectivity index (χ1) is 9.47. The summed E-state index contributed by atoms with van der Waals surface area (Å²) in [6.07, 6.45) is 7.56. The van der Waals surface area contributed by atoms with E-state index in [2.05, 4.69) is 6.92 Å². The average molecular weight is 305 g/mol. The standard InChI is InChI=1S/C15H31NO3S/c1-3-6-14-7-9-15(13-16,10-8-14)19-11-5-12-20(17,18)4-2/h14H,3-13,16H2,1-2H3. The fraction of sp³-hybridized carbons (Fsp3) is 1.00. The Morgan fingerprint density at radius 3 is 2.40 bits per heavy atom. The summed E-state index contributed by atoms with van der Waals surface area (Å²) in [6, 6.07) is 0. The van der Waals surface area contributed by atoms with Gasteiger partial charge in [-0.1, -0.05) is 26.7 Å². The summed E-state index contributed by atoms with van der Waals surface area (Å²) in [7, 11) is -2.88. The van der Waals surface area contributed by atoms with Crippen molar-refractivity contribution in [1.29, 1.82) is 0 Å². The average Bonchev–Trinajstić information content (AvgIpc) is 2.46. The zero-order valence-corrected chi connectivity index (χ0v) is 13.9. The molecule has 0 aliphatic heterocycles. The van der Waals surface area contributed by atoms with Crippen molar-refractivity contribution < 1.29 is 13.2 Å². The lowest BCUT2D eigenvalue weighted by atomic mass is 9.77. The summed E-state index contributed by atoms with van der Waals surface area (Å²) >= 11 is 0. The minimum Gasteiger partial charge on any atom is -0.374 e. The Morgan fingerprint density at radius 2 is 1.90 bits per heavy atom. The molecule has 0 bridgehead atoms. The van der Waals surface area contributed by atoms with Crippen LogP contribution in [0.15, 0.2) is 0 Å². The van der Waals surface area contributed by atoms with Crippen molar-refractivity contribution in [3.63, 3.8) is 0 Å². The molecule has 0 amide bonds. The maximum atomic E-state index is 11.4. The number of ether oxygens (including phenoxy) is 1. The Morgan fingerprint density at radius 1 is 1.25 bits per heavy atom. The quantitative estimate of drug-likeness (QED) is 0.665. The van der Waals surface area contributed by atoms with Crippen molar-refractivity contribution in [2.75, 3.05) is 24.7 Å². The van der Waals surface area contributed by atoms with Crippen molar-refractivity contribution in [2.45, 2.75) is 64.4 Å². The van der Waals surface area contributed by atoms with Gasteiger partial charge in [0.2, 0.25) is 0 Å². The van der Waals surface area contributed by atoms with E-state index in [-0.39, 0.29) is 17.1 Å². The Bertz CT molecular complexity index is 359. The molecule has 0 heterocycles. The Hall–Kier alpha value is -0.130. The second-order valence-corrected chi connectivity index (χ2v) is 8.53. The first kappa shape index (κ1) is 17.9. The Kier molecular flexibility index (Phi) is 7.48. The number of sulfone groups is 1. The van der Waals surface area contributed by atoms with Crippen LogP contribution in [0.5, 0.6) is 0 Å². The monoisotopic (exact) mass is 305 g/mol. The molecule has 1 aliphatic rings. The molecule has 1 rings (SSSR count). The number of rotatable bonds is 9. The van der Waals surface area contributed by atoms with Gasteiger partial charge in [0.15, 0.2) is 0 Å². The fourth-order valence-corrected chi connectivity index (χ4v) is 3.87. The predicted molar refractivity (Wildman–Crippen MR) is 83.5 cm³/mol. The Balaban J connectivity index is 2.33. The summed E-state index contributed by atoms with van der Waals surface area (Å²) in [6.45, 7) is 4.98. The zero-order chi connectivity index (χ0) is 15.1. The van der Waals surface area contributed by atoms with Crippen LogP contribution in [0.25, 0.3) is 0 Å². The minimum atomic E-state index is -2.88. The summed E-state index contributed by atoms with van der Waals surface area (Å²) in [5.41, 5.74) is 5.71. The largest absolute Gasteiger partial charge is 0.374 e. The Labute approximate surface area is 124 Å². The van der Waals surface area contributed by atoms with Crippen LogP contribution in [-0.2, 0) is 14.6 Å². The molecule has 0 spiro atoms. The molecule has 1 fully saturated rings. The van der Waals surface area contributed by atoms with Crippen molar-refractivity contribution in [1.82, 2.24) is 0 Å². The molecule has 1 aliphatic carbocycles. The van der Waals surface area contributed by atoms with E-state index in [1.54, 1.807) is 6.92 Å². The highest BCUT2D eigenvalue weighted by atomic mass is 32.2. The number of hydrogen-bond acceptors (Lipinski definition) is 4. The molecule has 0 saturated heterocycles. The van der Waals surface area contributed by atoms with Crippen molar-refractivity contribution in [3.8, 4) is 0 Å². The smallest absolute Gasteiger partial charge is 0.150 e. The van der Waals surface area contributed by atoms with E-state index in [0.717, 1.165) is 18.8 Å². The van der Waals surface area contributed by atoms with Crippen LogP contribution >= 0.6 is 0 Å². The molecule has 2 N–H and O–H groups in total. The van der Waals surface area contributed by atoms with E-state index >= 15 is 0 Å². The first-order valence-electron chi connectivity index (χ1n) is 8.01. The van der Waals surface area contributed by atoms with E-state index < -0.39 is 9.84 Å². The minimum absolute atomic E-state index is 0.194. The third-order valence-electron chi connectivity index (χ3n) is 4.53. The van der Waals surface area contributed by atoms with Gasteiger partial charge in [-0.15, -0.1) is 0 Å². The van der Waals surface area contributed by atoms with Crippen LogP contribution in [0.4, 0.5) is 0 Å². The van der Waals surface area contributed by atoms with E-state index in [4.69, 9.17) is 10.5 Å². The van der Waals surface area contributed by atoms with Gasteiger partial charge in [0, 0.05) is 18.9 Å². The molecule has 120 valence electrons. The highest BCUT2D eigenvalue weighted by Crippen LogP contribution is 2.36. The van der Waals surface area contributed by atoms with Crippen molar-refractivity contribution in [3.05, 3.63) is 0 Å². The summed E-state index contributed by atoms with van der Waals surface area (Å²) < 4.78 is 28.9. The zero-order valence-electron chi connectivity index (χ0n) is 13.1. The van der Waals surface area contributed by atoms with E-state index in [9.17, 15) is 8.42 Å². The molecule has 0 aromatic rings. The van der Waals surface area contributed by atoms with E-state index in [1.165, 1.54) is 25.7 Å². The fourth-order valence-electron chi connectivity index (χ4n) is 3.02. The molecule has 0 radical (unpaired) electrons. The van der Waals surface area contributed by atoms with Gasteiger partial charge in [-0.25, -0.2) is 8.42 Å². The van der Waals surface area contributed by atoms with Crippen LogP contribution in [-0.4, -0.2) is 38.7 Å². The third kappa shape index (κ3) is 5.70. The molecular formula is C15H31NO3S. The van der Waals surface area contributed by atoms with Gasteiger partial charge in [-0.2, -0.15) is 0 Å². The molecular weight excluding hydrogens is 274 g/mol. The molecule has 4 nitrogen and oxygen atoms in total. The molecule has 0 atom stereocenters. The maximum absolute atomic E-state index is 11.4. The van der Waals surface area contributed by atoms with Gasteiger partial charge in [-0.05, 0) is 38.0 Å².